The number of pyridine rings is 1. The van der Waals surface area contributed by atoms with Gasteiger partial charge in [-0.25, -0.2) is 4.79 Å². The first-order valence-corrected chi connectivity index (χ1v) is 11.3. The lowest BCUT2D eigenvalue weighted by Crippen LogP contribution is -2.45. The van der Waals surface area contributed by atoms with Crippen molar-refractivity contribution in [1.29, 1.82) is 0 Å². The summed E-state index contributed by atoms with van der Waals surface area (Å²) in [6.07, 6.45) is -0.333. The number of hydrogen-bond donors (Lipinski definition) is 3. The Morgan fingerprint density at radius 1 is 0.868 bits per heavy atom. The number of ether oxygens (including phenoxy) is 4. The number of aliphatic hydroxyl groups is 1. The van der Waals surface area contributed by atoms with E-state index in [1.54, 1.807) is 0 Å². The first-order valence-electron chi connectivity index (χ1n) is 11.3. The third kappa shape index (κ3) is 4.30. The number of hydrogen-bond acceptors (Lipinski definition) is 9. The molecule has 1 unspecified atom stereocenters. The Labute approximate surface area is 213 Å². The van der Waals surface area contributed by atoms with Crippen molar-refractivity contribution < 1.29 is 58.3 Å². The fourth-order valence-corrected chi connectivity index (χ4v) is 4.61. The summed E-state index contributed by atoms with van der Waals surface area (Å²) in [6, 6.07) is 12.5. The average molecular weight is 523 g/mol. The molecule has 0 amide bonds. The number of rotatable bonds is 5. The molecule has 3 heterocycles. The SMILES string of the molecule is C[n+]1cc2c3c(ccc2c2ccc4cc5c(cc4c21)OCO5)OCO3.O=C([O-])CC(O)(CC(=O)O)C(=O)O. The number of aliphatic carboxylic acids is 3. The summed E-state index contributed by atoms with van der Waals surface area (Å²) in [5, 5.41) is 41.2. The van der Waals surface area contributed by atoms with Crippen molar-refractivity contribution in [3.8, 4) is 23.0 Å². The largest absolute Gasteiger partial charge is 0.550 e. The van der Waals surface area contributed by atoms with E-state index < -0.39 is 36.4 Å². The third-order valence-electron chi connectivity index (χ3n) is 6.31. The minimum Gasteiger partial charge on any atom is -0.550 e. The summed E-state index contributed by atoms with van der Waals surface area (Å²) in [4.78, 5) is 30.3. The lowest BCUT2D eigenvalue weighted by Gasteiger charge is -2.21. The Morgan fingerprint density at radius 3 is 2.21 bits per heavy atom. The Morgan fingerprint density at radius 2 is 1.53 bits per heavy atom. The molecular weight excluding hydrogens is 502 g/mol. The second kappa shape index (κ2) is 9.23. The number of carboxylic acids is 3. The second-order valence-corrected chi connectivity index (χ2v) is 8.84. The van der Waals surface area contributed by atoms with Gasteiger partial charge in [0, 0.05) is 17.8 Å². The maximum absolute atomic E-state index is 10.3. The van der Waals surface area contributed by atoms with E-state index in [9.17, 15) is 19.5 Å². The number of aromatic nitrogens is 1. The van der Waals surface area contributed by atoms with Gasteiger partial charge in [-0.05, 0) is 35.7 Å². The van der Waals surface area contributed by atoms with E-state index in [1.165, 1.54) is 5.39 Å². The molecule has 3 N–H and O–H groups in total. The number of carbonyl (C=O) groups excluding carboxylic acids is 1. The van der Waals surface area contributed by atoms with Gasteiger partial charge < -0.3 is 44.2 Å². The van der Waals surface area contributed by atoms with Crippen LogP contribution in [0.3, 0.4) is 0 Å². The molecule has 2 aliphatic rings. The van der Waals surface area contributed by atoms with Crippen LogP contribution in [0.15, 0.2) is 42.6 Å². The van der Waals surface area contributed by atoms with Crippen LogP contribution in [0.4, 0.5) is 0 Å². The quantitative estimate of drug-likeness (QED) is 0.250. The van der Waals surface area contributed by atoms with E-state index in [0.717, 1.165) is 50.1 Å². The molecule has 0 aliphatic carbocycles. The van der Waals surface area contributed by atoms with Gasteiger partial charge in [0.2, 0.25) is 19.1 Å². The minimum absolute atomic E-state index is 0.275. The van der Waals surface area contributed by atoms with Crippen molar-refractivity contribution in [1.82, 2.24) is 0 Å². The van der Waals surface area contributed by atoms with Crippen LogP contribution in [0, 0.1) is 0 Å². The smallest absolute Gasteiger partial charge is 0.336 e. The van der Waals surface area contributed by atoms with E-state index in [-0.39, 0.29) is 13.6 Å². The van der Waals surface area contributed by atoms with E-state index in [0.29, 0.717) is 0 Å². The lowest BCUT2D eigenvalue weighted by molar-refractivity contribution is -0.642. The first-order chi connectivity index (χ1) is 18.1. The molecule has 0 radical (unpaired) electrons. The zero-order valence-corrected chi connectivity index (χ0v) is 19.9. The van der Waals surface area contributed by atoms with Gasteiger partial charge in [0.05, 0.1) is 22.6 Å². The van der Waals surface area contributed by atoms with Crippen LogP contribution in [0.5, 0.6) is 23.0 Å². The summed E-state index contributed by atoms with van der Waals surface area (Å²) >= 11 is 0. The lowest BCUT2D eigenvalue weighted by atomic mass is 9.96. The van der Waals surface area contributed by atoms with Gasteiger partial charge >= 0.3 is 11.9 Å². The van der Waals surface area contributed by atoms with Gasteiger partial charge in [-0.2, -0.15) is 4.57 Å². The number of nitrogens with zero attached hydrogens (tertiary/aromatic N) is 1. The molecular formula is C26H21NO11. The fourth-order valence-electron chi connectivity index (χ4n) is 4.61. The van der Waals surface area contributed by atoms with E-state index in [4.69, 9.17) is 34.3 Å². The topological polar surface area (TPSA) is 176 Å². The van der Waals surface area contributed by atoms with Crippen molar-refractivity contribution in [2.75, 3.05) is 13.6 Å². The number of aryl methyl sites for hydroxylation is 1. The van der Waals surface area contributed by atoms with Gasteiger partial charge in [-0.1, -0.05) is 6.07 Å². The molecule has 3 aromatic carbocycles. The molecule has 1 aromatic heterocycles. The predicted octanol–water partition coefficient (Wildman–Crippen LogP) is 0.845. The molecule has 0 fully saturated rings. The fraction of sp³-hybridized carbons (Fsp3) is 0.231. The molecule has 12 heteroatoms. The molecule has 0 saturated heterocycles. The van der Waals surface area contributed by atoms with Gasteiger partial charge in [-0.15, -0.1) is 0 Å². The Kier molecular flexibility index (Phi) is 6.03. The average Bonchev–Trinajstić information content (AvgIpc) is 3.51. The molecule has 38 heavy (non-hydrogen) atoms. The van der Waals surface area contributed by atoms with Crippen molar-refractivity contribution >= 4 is 50.4 Å². The minimum atomic E-state index is -2.80. The number of fused-ring (bicyclic) bond motifs is 8. The van der Waals surface area contributed by atoms with Crippen LogP contribution in [0.1, 0.15) is 12.8 Å². The molecule has 1 atom stereocenters. The zero-order chi connectivity index (χ0) is 27.2. The highest BCUT2D eigenvalue weighted by atomic mass is 16.7. The molecule has 196 valence electrons. The Balaban J connectivity index is 0.000000195. The van der Waals surface area contributed by atoms with Gasteiger partial charge in [-0.3, -0.25) is 4.79 Å². The maximum atomic E-state index is 10.3. The molecule has 4 aromatic rings. The third-order valence-corrected chi connectivity index (χ3v) is 6.31. The van der Waals surface area contributed by atoms with Crippen molar-refractivity contribution in [2.45, 2.75) is 18.4 Å². The molecule has 0 saturated carbocycles. The highest BCUT2D eigenvalue weighted by Crippen LogP contribution is 2.43. The zero-order valence-electron chi connectivity index (χ0n) is 19.9. The van der Waals surface area contributed by atoms with Crippen LogP contribution in [-0.2, 0) is 21.4 Å². The molecule has 0 spiro atoms. The van der Waals surface area contributed by atoms with Crippen LogP contribution in [0.2, 0.25) is 0 Å². The van der Waals surface area contributed by atoms with Crippen LogP contribution < -0.4 is 28.6 Å². The molecule has 2 aliphatic heterocycles. The van der Waals surface area contributed by atoms with E-state index >= 15 is 0 Å². The Hall–Kier alpha value is -4.84. The summed E-state index contributed by atoms with van der Waals surface area (Å²) in [5.41, 5.74) is -1.65. The van der Waals surface area contributed by atoms with Crippen LogP contribution in [0.25, 0.3) is 32.4 Å². The highest BCUT2D eigenvalue weighted by Gasteiger charge is 2.38. The second-order valence-electron chi connectivity index (χ2n) is 8.84. The highest BCUT2D eigenvalue weighted by molar-refractivity contribution is 6.15. The summed E-state index contributed by atoms with van der Waals surface area (Å²) in [6.45, 7) is 0.555. The van der Waals surface area contributed by atoms with Crippen molar-refractivity contribution in [3.63, 3.8) is 0 Å². The molecule has 6 rings (SSSR count). The standard InChI is InChI=1S/C20H14NO4.C6H8O7/c1-21-8-15-12(4-5-16-20(15)25-10-22-16)13-3-2-11-6-17-18(24-9-23-17)7-14(11)19(13)21;7-3(8)1-6(13,5(11)12)2-4(9)10/h2-8H,9-10H2,1H3;13H,1-2H2,(H,7,8)(H,9,10)(H,11,12)/q+1;/p-1. The number of carbonyl (C=O) groups is 3. The number of carboxylic acid groups (broad SMARTS) is 3. The van der Waals surface area contributed by atoms with Crippen LogP contribution in [-0.4, -0.2) is 52.4 Å². The van der Waals surface area contributed by atoms with Gasteiger partial charge in [0.15, 0.2) is 34.8 Å². The van der Waals surface area contributed by atoms with Gasteiger partial charge in [0.1, 0.15) is 7.05 Å². The van der Waals surface area contributed by atoms with Crippen molar-refractivity contribution in [3.05, 3.63) is 42.6 Å². The maximum Gasteiger partial charge on any atom is 0.336 e. The normalized spacial score (nSPS) is 14.7. The monoisotopic (exact) mass is 523 g/mol. The summed E-state index contributed by atoms with van der Waals surface area (Å²) in [7, 11) is 2.06. The van der Waals surface area contributed by atoms with E-state index in [1.807, 2.05) is 12.1 Å². The van der Waals surface area contributed by atoms with Crippen LogP contribution >= 0.6 is 0 Å². The molecule has 12 nitrogen and oxygen atoms in total. The molecule has 0 bridgehead atoms. The first kappa shape index (κ1) is 24.8. The van der Waals surface area contributed by atoms with E-state index in [2.05, 4.69) is 42.1 Å². The Bertz CT molecular complexity index is 1630. The number of benzene rings is 3. The summed E-state index contributed by atoms with van der Waals surface area (Å²) in [5.74, 6) is -2.11. The van der Waals surface area contributed by atoms with Crippen molar-refractivity contribution in [2.24, 2.45) is 7.05 Å². The summed E-state index contributed by atoms with van der Waals surface area (Å²) < 4.78 is 24.4. The van der Waals surface area contributed by atoms with Gasteiger partial charge in [0.25, 0.3) is 0 Å². The predicted molar refractivity (Wildman–Crippen MR) is 127 cm³/mol.